The topological polar surface area (TPSA) is 41.6 Å². The fraction of sp³-hybridized carbons (Fsp3) is 0.533. The lowest BCUT2D eigenvalue weighted by molar-refractivity contribution is -0.120. The number of benzene rings is 1. The highest BCUT2D eigenvalue weighted by Crippen LogP contribution is 2.23. The van der Waals surface area contributed by atoms with E-state index in [4.69, 9.17) is 4.74 Å². The van der Waals surface area contributed by atoms with E-state index in [1.165, 1.54) is 0 Å². The second kappa shape index (κ2) is 8.39. The van der Waals surface area contributed by atoms with Crippen molar-refractivity contribution >= 4 is 5.91 Å². The number of amides is 1. The molecule has 0 spiro atoms. The first-order valence-electron chi connectivity index (χ1n) is 7.49. The smallest absolute Gasteiger partial charge is 0.224 e. The van der Waals surface area contributed by atoms with E-state index < -0.39 is 47.0 Å². The van der Waals surface area contributed by atoms with Crippen LogP contribution in [0.3, 0.4) is 0 Å². The second-order valence-corrected chi connectivity index (χ2v) is 5.38. The van der Waals surface area contributed by atoms with Crippen LogP contribution in [0.25, 0.3) is 0 Å². The van der Waals surface area contributed by atoms with Crippen molar-refractivity contribution in [2.45, 2.75) is 12.8 Å². The highest BCUT2D eigenvalue weighted by molar-refractivity contribution is 5.78. The molecule has 0 saturated carbocycles. The number of nitrogens with one attached hydrogen (secondary N) is 1. The predicted molar refractivity (Wildman–Crippen MR) is 74.8 cm³/mol. The Labute approximate surface area is 135 Å². The maximum Gasteiger partial charge on any atom is 0.224 e. The highest BCUT2D eigenvalue weighted by atomic mass is 19.2. The van der Waals surface area contributed by atoms with Gasteiger partial charge >= 0.3 is 0 Å². The molecule has 0 radical (unpaired) electrons. The molecule has 1 N–H and O–H groups in total. The Balaban J connectivity index is 1.84. The Kier molecular flexibility index (Phi) is 6.50. The fourth-order valence-electron chi connectivity index (χ4n) is 2.38. The summed E-state index contributed by atoms with van der Waals surface area (Å²) in [5.74, 6) is -11.1. The maximum atomic E-state index is 13.5. The average molecular weight is 352 g/mol. The molecule has 1 heterocycles. The maximum absolute atomic E-state index is 13.5. The van der Waals surface area contributed by atoms with E-state index in [0.717, 1.165) is 13.1 Å². The lowest BCUT2D eigenvalue weighted by Crippen LogP contribution is -2.38. The monoisotopic (exact) mass is 352 g/mol. The van der Waals surface area contributed by atoms with Crippen molar-refractivity contribution in [3.8, 4) is 0 Å². The third-order valence-corrected chi connectivity index (χ3v) is 3.72. The van der Waals surface area contributed by atoms with Crippen LogP contribution in [0.1, 0.15) is 12.0 Å². The van der Waals surface area contributed by atoms with Crippen LogP contribution in [0.2, 0.25) is 0 Å². The third kappa shape index (κ3) is 4.41. The first-order valence-corrected chi connectivity index (χ1v) is 7.49. The van der Waals surface area contributed by atoms with Gasteiger partial charge in [-0.2, -0.15) is 0 Å². The summed E-state index contributed by atoms with van der Waals surface area (Å²) in [6, 6.07) is 0. The molecule has 24 heavy (non-hydrogen) atoms. The van der Waals surface area contributed by atoms with Crippen molar-refractivity contribution in [2.75, 3.05) is 39.4 Å². The molecule has 0 aliphatic carbocycles. The standard InChI is InChI=1S/C15H17F5N2O2/c16-11-9(12(17)14(19)15(20)13(11)18)8-10(23)21-2-1-3-22-4-6-24-7-5-22/h1-8H2,(H,21,23). The Morgan fingerprint density at radius 3 is 2.08 bits per heavy atom. The van der Waals surface area contributed by atoms with E-state index in [1.54, 1.807) is 0 Å². The zero-order valence-corrected chi connectivity index (χ0v) is 12.8. The van der Waals surface area contributed by atoms with Gasteiger partial charge in [0.2, 0.25) is 11.7 Å². The van der Waals surface area contributed by atoms with Crippen LogP contribution in [0.5, 0.6) is 0 Å². The van der Waals surface area contributed by atoms with Gasteiger partial charge in [0, 0.05) is 25.2 Å². The molecular formula is C15H17F5N2O2. The van der Waals surface area contributed by atoms with Crippen molar-refractivity contribution in [3.63, 3.8) is 0 Å². The molecular weight excluding hydrogens is 335 g/mol. The number of rotatable bonds is 6. The molecule has 0 aromatic heterocycles. The molecule has 4 nitrogen and oxygen atoms in total. The number of hydrogen-bond acceptors (Lipinski definition) is 3. The summed E-state index contributed by atoms with van der Waals surface area (Å²) in [7, 11) is 0. The SMILES string of the molecule is O=C(Cc1c(F)c(F)c(F)c(F)c1F)NCCCN1CCOCC1. The van der Waals surface area contributed by atoms with E-state index in [2.05, 4.69) is 10.2 Å². The van der Waals surface area contributed by atoms with Gasteiger partial charge < -0.3 is 10.1 Å². The minimum Gasteiger partial charge on any atom is -0.379 e. The molecule has 0 bridgehead atoms. The van der Waals surface area contributed by atoms with Crippen LogP contribution >= 0.6 is 0 Å². The van der Waals surface area contributed by atoms with Gasteiger partial charge in [0.25, 0.3) is 0 Å². The molecule has 134 valence electrons. The Morgan fingerprint density at radius 1 is 0.958 bits per heavy atom. The van der Waals surface area contributed by atoms with E-state index >= 15 is 0 Å². The first-order chi connectivity index (χ1) is 11.4. The van der Waals surface area contributed by atoms with Crippen LogP contribution in [0.4, 0.5) is 22.0 Å². The molecule has 0 unspecified atom stereocenters. The number of carbonyl (C=O) groups excluding carboxylic acids is 1. The Morgan fingerprint density at radius 2 is 1.50 bits per heavy atom. The third-order valence-electron chi connectivity index (χ3n) is 3.72. The minimum absolute atomic E-state index is 0.242. The molecule has 9 heteroatoms. The van der Waals surface area contributed by atoms with Gasteiger partial charge in [-0.05, 0) is 13.0 Å². The first kappa shape index (κ1) is 18.6. The van der Waals surface area contributed by atoms with Gasteiger partial charge in [-0.25, -0.2) is 22.0 Å². The number of carbonyl (C=O) groups is 1. The van der Waals surface area contributed by atoms with Crippen LogP contribution in [0.15, 0.2) is 0 Å². The van der Waals surface area contributed by atoms with Gasteiger partial charge in [-0.15, -0.1) is 0 Å². The summed E-state index contributed by atoms with van der Waals surface area (Å²) in [4.78, 5) is 13.8. The largest absolute Gasteiger partial charge is 0.379 e. The molecule has 1 aromatic carbocycles. The number of halogens is 5. The highest BCUT2D eigenvalue weighted by Gasteiger charge is 2.26. The van der Waals surface area contributed by atoms with Crippen molar-refractivity contribution < 1.29 is 31.5 Å². The predicted octanol–water partition coefficient (Wildman–Crippen LogP) is 1.76. The fourth-order valence-corrected chi connectivity index (χ4v) is 2.38. The van der Waals surface area contributed by atoms with E-state index in [-0.39, 0.29) is 6.54 Å². The molecule has 1 fully saturated rings. The zero-order chi connectivity index (χ0) is 17.7. The second-order valence-electron chi connectivity index (χ2n) is 5.38. The summed E-state index contributed by atoms with van der Waals surface area (Å²) in [6.45, 7) is 3.83. The zero-order valence-electron chi connectivity index (χ0n) is 12.8. The Bertz CT molecular complexity index is 577. The molecule has 1 amide bonds. The van der Waals surface area contributed by atoms with Gasteiger partial charge in [0.15, 0.2) is 23.3 Å². The molecule has 1 aromatic rings. The van der Waals surface area contributed by atoms with Crippen LogP contribution in [0, 0.1) is 29.1 Å². The van der Waals surface area contributed by atoms with E-state index in [1.807, 2.05) is 0 Å². The summed E-state index contributed by atoms with van der Waals surface area (Å²) < 4.78 is 71.2. The van der Waals surface area contributed by atoms with Gasteiger partial charge in [-0.1, -0.05) is 0 Å². The van der Waals surface area contributed by atoms with E-state index in [9.17, 15) is 26.7 Å². The summed E-state index contributed by atoms with van der Waals surface area (Å²) in [5, 5.41) is 2.41. The lowest BCUT2D eigenvalue weighted by Gasteiger charge is -2.26. The number of nitrogens with zero attached hydrogens (tertiary/aromatic N) is 1. The molecule has 0 atom stereocenters. The summed E-state index contributed by atoms with van der Waals surface area (Å²) in [5.41, 5.74) is -1.13. The van der Waals surface area contributed by atoms with Crippen LogP contribution in [-0.4, -0.2) is 50.2 Å². The van der Waals surface area contributed by atoms with E-state index in [0.29, 0.717) is 26.2 Å². The molecule has 1 aliphatic heterocycles. The number of ether oxygens (including phenoxy) is 1. The van der Waals surface area contributed by atoms with Gasteiger partial charge in [-0.3, -0.25) is 9.69 Å². The number of morpholine rings is 1. The minimum atomic E-state index is -2.24. The summed E-state index contributed by atoms with van der Waals surface area (Å²) in [6.07, 6.45) is -0.313. The quantitative estimate of drug-likeness (QED) is 0.367. The van der Waals surface area contributed by atoms with Crippen molar-refractivity contribution in [1.82, 2.24) is 10.2 Å². The normalized spacial score (nSPS) is 15.5. The van der Waals surface area contributed by atoms with Crippen LogP contribution < -0.4 is 5.32 Å². The summed E-state index contributed by atoms with van der Waals surface area (Å²) >= 11 is 0. The molecule has 1 saturated heterocycles. The van der Waals surface area contributed by atoms with Gasteiger partial charge in [0.1, 0.15) is 0 Å². The average Bonchev–Trinajstić information content (AvgIpc) is 2.60. The lowest BCUT2D eigenvalue weighted by atomic mass is 10.1. The van der Waals surface area contributed by atoms with Crippen molar-refractivity contribution in [2.24, 2.45) is 0 Å². The molecule has 1 aliphatic rings. The van der Waals surface area contributed by atoms with Crippen LogP contribution in [-0.2, 0) is 16.0 Å². The van der Waals surface area contributed by atoms with Crippen molar-refractivity contribution in [3.05, 3.63) is 34.6 Å². The number of hydrogen-bond donors (Lipinski definition) is 1. The van der Waals surface area contributed by atoms with Crippen molar-refractivity contribution in [1.29, 1.82) is 0 Å². The Hall–Kier alpha value is -1.74. The van der Waals surface area contributed by atoms with Gasteiger partial charge in [0.05, 0.1) is 19.6 Å². The molecule has 2 rings (SSSR count).